The lowest BCUT2D eigenvalue weighted by Crippen LogP contribution is -2.32. The fourth-order valence-electron chi connectivity index (χ4n) is 3.04. The van der Waals surface area contributed by atoms with E-state index in [1.807, 2.05) is 0 Å². The van der Waals surface area contributed by atoms with Crippen molar-refractivity contribution in [3.63, 3.8) is 0 Å². The van der Waals surface area contributed by atoms with Crippen molar-refractivity contribution in [1.29, 1.82) is 0 Å². The van der Waals surface area contributed by atoms with Gasteiger partial charge < -0.3 is 14.8 Å². The third kappa shape index (κ3) is 3.81. The van der Waals surface area contributed by atoms with E-state index in [-0.39, 0.29) is 0 Å². The van der Waals surface area contributed by atoms with Crippen LogP contribution in [0.25, 0.3) is 0 Å². The van der Waals surface area contributed by atoms with Gasteiger partial charge in [0, 0.05) is 19.8 Å². The van der Waals surface area contributed by atoms with Crippen molar-refractivity contribution in [2.24, 2.45) is 5.41 Å². The lowest BCUT2D eigenvalue weighted by atomic mass is 9.85. The van der Waals surface area contributed by atoms with Gasteiger partial charge >= 0.3 is 0 Å². The van der Waals surface area contributed by atoms with Gasteiger partial charge in [0.25, 0.3) is 0 Å². The molecular weight excluding hydrogens is 250 g/mol. The van der Waals surface area contributed by atoms with Gasteiger partial charge in [-0.1, -0.05) is 38.1 Å². The second-order valence-corrected chi connectivity index (χ2v) is 6.21. The van der Waals surface area contributed by atoms with Crippen molar-refractivity contribution in [1.82, 2.24) is 5.32 Å². The number of hydrogen-bond donors (Lipinski definition) is 1. The summed E-state index contributed by atoms with van der Waals surface area (Å²) in [6.07, 6.45) is 2.20. The summed E-state index contributed by atoms with van der Waals surface area (Å²) >= 11 is 0. The molecule has 3 nitrogen and oxygen atoms in total. The van der Waals surface area contributed by atoms with Crippen LogP contribution in [-0.2, 0) is 15.9 Å². The minimum atomic E-state index is 0.292. The molecule has 0 radical (unpaired) electrons. The summed E-state index contributed by atoms with van der Waals surface area (Å²) in [6.45, 7) is 7.85. The molecule has 0 fully saturated rings. The second-order valence-electron chi connectivity index (χ2n) is 6.21. The SMILES string of the molecule is COCCOCCCNC1c2ccccc2CC1(C)C. The zero-order chi connectivity index (χ0) is 14.4. The lowest BCUT2D eigenvalue weighted by molar-refractivity contribution is 0.0687. The smallest absolute Gasteiger partial charge is 0.0700 e. The number of methoxy groups -OCH3 is 1. The Kier molecular flexibility index (Phi) is 5.58. The molecule has 1 atom stereocenters. The summed E-state index contributed by atoms with van der Waals surface area (Å²) in [5.74, 6) is 0. The number of benzene rings is 1. The molecule has 2 rings (SSSR count). The first kappa shape index (κ1) is 15.5. The van der Waals surface area contributed by atoms with Gasteiger partial charge in [-0.25, -0.2) is 0 Å². The zero-order valence-electron chi connectivity index (χ0n) is 12.9. The first-order chi connectivity index (χ1) is 9.65. The molecule has 3 heteroatoms. The maximum atomic E-state index is 5.50. The summed E-state index contributed by atoms with van der Waals surface area (Å²) in [4.78, 5) is 0. The van der Waals surface area contributed by atoms with Gasteiger partial charge in [0.2, 0.25) is 0 Å². The molecule has 0 saturated carbocycles. The molecule has 1 aromatic rings. The van der Waals surface area contributed by atoms with Crippen LogP contribution in [0.3, 0.4) is 0 Å². The van der Waals surface area contributed by atoms with Crippen molar-refractivity contribution in [3.05, 3.63) is 35.4 Å². The van der Waals surface area contributed by atoms with Crippen LogP contribution in [0, 0.1) is 5.41 Å². The van der Waals surface area contributed by atoms with Gasteiger partial charge in [-0.3, -0.25) is 0 Å². The Hall–Kier alpha value is -0.900. The van der Waals surface area contributed by atoms with E-state index in [1.165, 1.54) is 11.1 Å². The van der Waals surface area contributed by atoms with Crippen molar-refractivity contribution in [3.8, 4) is 0 Å². The molecule has 0 saturated heterocycles. The molecular formula is C17H27NO2. The first-order valence-electron chi connectivity index (χ1n) is 7.53. The zero-order valence-corrected chi connectivity index (χ0v) is 12.9. The number of hydrogen-bond acceptors (Lipinski definition) is 3. The number of fused-ring (bicyclic) bond motifs is 1. The van der Waals surface area contributed by atoms with E-state index in [4.69, 9.17) is 9.47 Å². The highest BCUT2D eigenvalue weighted by molar-refractivity contribution is 5.37. The molecule has 1 aromatic carbocycles. The molecule has 0 aromatic heterocycles. The third-order valence-corrected chi connectivity index (χ3v) is 4.04. The summed E-state index contributed by atoms with van der Waals surface area (Å²) < 4.78 is 10.5. The van der Waals surface area contributed by atoms with E-state index >= 15 is 0 Å². The Labute approximate surface area is 122 Å². The predicted octanol–water partition coefficient (Wildman–Crippen LogP) is 2.95. The Morgan fingerprint density at radius 1 is 1.20 bits per heavy atom. The summed E-state index contributed by atoms with van der Waals surface area (Å²) in [6, 6.07) is 9.25. The Morgan fingerprint density at radius 3 is 2.80 bits per heavy atom. The van der Waals surface area contributed by atoms with Crippen LogP contribution in [0.1, 0.15) is 37.4 Å². The van der Waals surface area contributed by atoms with Gasteiger partial charge in [-0.2, -0.15) is 0 Å². The Morgan fingerprint density at radius 2 is 2.00 bits per heavy atom. The topological polar surface area (TPSA) is 30.5 Å². The third-order valence-electron chi connectivity index (χ3n) is 4.04. The highest BCUT2D eigenvalue weighted by Crippen LogP contribution is 2.44. The van der Waals surface area contributed by atoms with Crippen molar-refractivity contribution in [2.75, 3.05) is 33.5 Å². The van der Waals surface area contributed by atoms with E-state index < -0.39 is 0 Å². The minimum absolute atomic E-state index is 0.292. The summed E-state index contributed by atoms with van der Waals surface area (Å²) in [5, 5.41) is 3.71. The van der Waals surface area contributed by atoms with Crippen LogP contribution in [-0.4, -0.2) is 33.5 Å². The molecule has 0 spiro atoms. The molecule has 1 aliphatic carbocycles. The van der Waals surface area contributed by atoms with Crippen LogP contribution < -0.4 is 5.32 Å². The van der Waals surface area contributed by atoms with E-state index in [0.29, 0.717) is 24.7 Å². The summed E-state index contributed by atoms with van der Waals surface area (Å²) in [7, 11) is 1.70. The number of rotatable bonds is 8. The number of ether oxygens (including phenoxy) is 2. The molecule has 0 aliphatic heterocycles. The van der Waals surface area contributed by atoms with Crippen molar-refractivity contribution >= 4 is 0 Å². The average molecular weight is 277 g/mol. The fourth-order valence-corrected chi connectivity index (χ4v) is 3.04. The molecule has 1 unspecified atom stereocenters. The van der Waals surface area contributed by atoms with E-state index in [1.54, 1.807) is 7.11 Å². The van der Waals surface area contributed by atoms with E-state index in [0.717, 1.165) is 26.0 Å². The molecule has 1 aliphatic rings. The van der Waals surface area contributed by atoms with E-state index in [9.17, 15) is 0 Å². The van der Waals surface area contributed by atoms with Crippen LogP contribution >= 0.6 is 0 Å². The van der Waals surface area contributed by atoms with Crippen LogP contribution in [0.5, 0.6) is 0 Å². The average Bonchev–Trinajstić information content (AvgIpc) is 2.68. The minimum Gasteiger partial charge on any atom is -0.382 e. The Bertz CT molecular complexity index is 417. The lowest BCUT2D eigenvalue weighted by Gasteiger charge is -2.28. The predicted molar refractivity (Wildman–Crippen MR) is 82.0 cm³/mol. The highest BCUT2D eigenvalue weighted by atomic mass is 16.5. The maximum absolute atomic E-state index is 5.50. The van der Waals surface area contributed by atoms with Gasteiger partial charge in [0.15, 0.2) is 0 Å². The fraction of sp³-hybridized carbons (Fsp3) is 0.647. The first-order valence-corrected chi connectivity index (χ1v) is 7.53. The highest BCUT2D eigenvalue weighted by Gasteiger charge is 2.37. The molecule has 0 heterocycles. The van der Waals surface area contributed by atoms with Gasteiger partial charge in [0.1, 0.15) is 0 Å². The maximum Gasteiger partial charge on any atom is 0.0700 e. The van der Waals surface area contributed by atoms with E-state index in [2.05, 4.69) is 43.4 Å². The van der Waals surface area contributed by atoms with Crippen LogP contribution in [0.2, 0.25) is 0 Å². The monoisotopic (exact) mass is 277 g/mol. The summed E-state index contributed by atoms with van der Waals surface area (Å²) in [5.41, 5.74) is 3.25. The molecule has 0 amide bonds. The van der Waals surface area contributed by atoms with Crippen LogP contribution in [0.15, 0.2) is 24.3 Å². The molecule has 112 valence electrons. The number of nitrogens with one attached hydrogen (secondary N) is 1. The molecule has 1 N–H and O–H groups in total. The Balaban J connectivity index is 1.77. The quantitative estimate of drug-likeness (QED) is 0.741. The van der Waals surface area contributed by atoms with Gasteiger partial charge in [-0.15, -0.1) is 0 Å². The van der Waals surface area contributed by atoms with Crippen LogP contribution in [0.4, 0.5) is 0 Å². The normalized spacial score (nSPS) is 20.1. The molecule has 0 bridgehead atoms. The largest absolute Gasteiger partial charge is 0.382 e. The second kappa shape index (κ2) is 7.21. The molecule has 20 heavy (non-hydrogen) atoms. The van der Waals surface area contributed by atoms with Crippen molar-refractivity contribution in [2.45, 2.75) is 32.7 Å². The van der Waals surface area contributed by atoms with Gasteiger partial charge in [0.05, 0.1) is 13.2 Å². The van der Waals surface area contributed by atoms with Gasteiger partial charge in [-0.05, 0) is 35.9 Å². The van der Waals surface area contributed by atoms with Crippen molar-refractivity contribution < 1.29 is 9.47 Å². The standard InChI is InChI=1S/C17H27NO2/c1-17(2)13-14-7-4-5-8-15(14)16(17)18-9-6-10-20-12-11-19-3/h4-5,7-8,16,18H,6,9-13H2,1-3H3.